The Morgan fingerprint density at radius 2 is 2.15 bits per heavy atom. The van der Waals surface area contributed by atoms with E-state index in [1.165, 1.54) is 0 Å². The highest BCUT2D eigenvalue weighted by Gasteiger charge is 2.23. The molecule has 6 nitrogen and oxygen atoms in total. The first-order valence-corrected chi connectivity index (χ1v) is 8.91. The lowest BCUT2D eigenvalue weighted by Crippen LogP contribution is -2.41. The molecule has 4 heterocycles. The Balaban J connectivity index is 1.54. The molecule has 1 aliphatic heterocycles. The second-order valence-electron chi connectivity index (χ2n) is 6.67. The average Bonchev–Trinajstić information content (AvgIpc) is 3.10. The van der Waals surface area contributed by atoms with Gasteiger partial charge in [-0.25, -0.2) is 4.98 Å². The fourth-order valence-corrected chi connectivity index (χ4v) is 3.51. The van der Waals surface area contributed by atoms with Crippen molar-refractivity contribution in [3.63, 3.8) is 0 Å². The van der Waals surface area contributed by atoms with Crippen LogP contribution >= 0.6 is 0 Å². The summed E-state index contributed by atoms with van der Waals surface area (Å²) in [6, 6.07) is 5.99. The maximum atomic E-state index is 12.7. The molecule has 1 amide bonds. The predicted octanol–water partition coefficient (Wildman–Crippen LogP) is 2.80. The zero-order valence-corrected chi connectivity index (χ0v) is 14.8. The van der Waals surface area contributed by atoms with Gasteiger partial charge in [0.05, 0.1) is 12.5 Å². The molecule has 6 heteroatoms. The fourth-order valence-electron chi connectivity index (χ4n) is 3.51. The highest BCUT2D eigenvalue weighted by Crippen LogP contribution is 2.25. The van der Waals surface area contributed by atoms with Crippen LogP contribution in [0.1, 0.15) is 18.4 Å². The molecular formula is C20H22N4O2. The molecule has 4 rings (SSSR count). The lowest BCUT2D eigenvalue weighted by molar-refractivity contribution is -0.132. The number of methoxy groups -OCH3 is 1. The van der Waals surface area contributed by atoms with Gasteiger partial charge in [0.1, 0.15) is 5.65 Å². The molecule has 3 aromatic rings. The van der Waals surface area contributed by atoms with Crippen molar-refractivity contribution in [1.29, 1.82) is 0 Å². The van der Waals surface area contributed by atoms with Gasteiger partial charge in [-0.2, -0.15) is 0 Å². The molecule has 0 radical (unpaired) electrons. The van der Waals surface area contributed by atoms with Crippen molar-refractivity contribution in [1.82, 2.24) is 19.9 Å². The summed E-state index contributed by atoms with van der Waals surface area (Å²) in [6.45, 7) is 1.53. The summed E-state index contributed by atoms with van der Waals surface area (Å²) in [7, 11) is 1.74. The topological polar surface area (TPSA) is 71.1 Å². The van der Waals surface area contributed by atoms with Crippen molar-refractivity contribution in [3.8, 4) is 11.1 Å². The lowest BCUT2D eigenvalue weighted by Gasteiger charge is -2.31. The first kappa shape index (κ1) is 16.7. The van der Waals surface area contributed by atoms with Gasteiger partial charge in [0, 0.05) is 61.5 Å². The molecule has 0 spiro atoms. The first-order chi connectivity index (χ1) is 12.7. The van der Waals surface area contributed by atoms with Crippen LogP contribution in [-0.4, -0.2) is 52.1 Å². The maximum absolute atomic E-state index is 12.7. The standard InChI is InChI=1S/C20H22N4O2/c1-26-17-4-7-24(8-5-17)19(25)10-16-13-23-20-18(16)9-15(12-22-20)14-3-2-6-21-11-14/h2-3,6,9,11-13,17H,4-5,7-8,10H2,1H3,(H,22,23). The quantitative estimate of drug-likeness (QED) is 0.785. The van der Waals surface area contributed by atoms with Gasteiger partial charge in [0.15, 0.2) is 0 Å². The largest absolute Gasteiger partial charge is 0.381 e. The summed E-state index contributed by atoms with van der Waals surface area (Å²) < 4.78 is 5.38. The molecule has 0 unspecified atom stereocenters. The van der Waals surface area contributed by atoms with Crippen LogP contribution < -0.4 is 0 Å². The minimum Gasteiger partial charge on any atom is -0.381 e. The minimum absolute atomic E-state index is 0.159. The summed E-state index contributed by atoms with van der Waals surface area (Å²) in [5.74, 6) is 0.159. The van der Waals surface area contributed by atoms with E-state index in [1.807, 2.05) is 35.6 Å². The molecule has 3 aromatic heterocycles. The molecule has 0 aromatic carbocycles. The minimum atomic E-state index is 0.159. The van der Waals surface area contributed by atoms with Crippen LogP contribution in [0.4, 0.5) is 0 Å². The van der Waals surface area contributed by atoms with Crippen molar-refractivity contribution in [2.45, 2.75) is 25.4 Å². The van der Waals surface area contributed by atoms with E-state index >= 15 is 0 Å². The molecule has 0 bridgehead atoms. The van der Waals surface area contributed by atoms with E-state index in [0.717, 1.165) is 53.7 Å². The number of fused-ring (bicyclic) bond motifs is 1. The molecule has 1 aliphatic rings. The predicted molar refractivity (Wildman–Crippen MR) is 99.6 cm³/mol. The van der Waals surface area contributed by atoms with Gasteiger partial charge in [0.2, 0.25) is 5.91 Å². The molecular weight excluding hydrogens is 328 g/mol. The smallest absolute Gasteiger partial charge is 0.227 e. The van der Waals surface area contributed by atoms with E-state index in [1.54, 1.807) is 13.3 Å². The number of nitrogens with one attached hydrogen (secondary N) is 1. The molecule has 1 fully saturated rings. The Morgan fingerprint density at radius 3 is 2.88 bits per heavy atom. The number of rotatable bonds is 4. The van der Waals surface area contributed by atoms with E-state index in [0.29, 0.717) is 6.42 Å². The zero-order chi connectivity index (χ0) is 17.9. The van der Waals surface area contributed by atoms with Crippen molar-refractivity contribution in [2.24, 2.45) is 0 Å². The SMILES string of the molecule is COC1CCN(C(=O)Cc2c[nH]c3ncc(-c4cccnc4)cc23)CC1. The Kier molecular flexibility index (Phi) is 4.67. The number of hydrogen-bond acceptors (Lipinski definition) is 4. The number of H-pyrrole nitrogens is 1. The number of ether oxygens (including phenoxy) is 1. The van der Waals surface area contributed by atoms with Crippen LogP contribution in [-0.2, 0) is 16.0 Å². The van der Waals surface area contributed by atoms with Crippen LogP contribution in [0.25, 0.3) is 22.2 Å². The Bertz CT molecular complexity index is 899. The van der Waals surface area contributed by atoms with Gasteiger partial charge in [0.25, 0.3) is 0 Å². The van der Waals surface area contributed by atoms with Gasteiger partial charge in [-0.1, -0.05) is 6.07 Å². The third-order valence-corrected chi connectivity index (χ3v) is 5.08. The maximum Gasteiger partial charge on any atom is 0.227 e. The molecule has 1 N–H and O–H groups in total. The summed E-state index contributed by atoms with van der Waals surface area (Å²) in [4.78, 5) is 26.5. The van der Waals surface area contributed by atoms with Gasteiger partial charge in [-0.3, -0.25) is 9.78 Å². The number of amides is 1. The molecule has 0 atom stereocenters. The average molecular weight is 350 g/mol. The van der Waals surface area contributed by atoms with Crippen molar-refractivity contribution in [2.75, 3.05) is 20.2 Å². The van der Waals surface area contributed by atoms with Gasteiger partial charge < -0.3 is 14.6 Å². The number of aromatic nitrogens is 3. The number of nitrogens with zero attached hydrogens (tertiary/aromatic N) is 3. The number of likely N-dealkylation sites (tertiary alicyclic amines) is 1. The fraction of sp³-hybridized carbons (Fsp3) is 0.350. The molecule has 26 heavy (non-hydrogen) atoms. The summed E-state index contributed by atoms with van der Waals surface area (Å²) in [5.41, 5.74) is 3.80. The van der Waals surface area contributed by atoms with Crippen molar-refractivity contribution >= 4 is 16.9 Å². The second kappa shape index (κ2) is 7.25. The van der Waals surface area contributed by atoms with E-state index in [-0.39, 0.29) is 12.0 Å². The van der Waals surface area contributed by atoms with Crippen LogP contribution in [0.15, 0.2) is 43.0 Å². The number of aromatic amines is 1. The number of hydrogen-bond donors (Lipinski definition) is 1. The molecule has 1 saturated heterocycles. The normalized spacial score (nSPS) is 15.5. The van der Waals surface area contributed by atoms with Crippen molar-refractivity contribution < 1.29 is 9.53 Å². The zero-order valence-electron chi connectivity index (χ0n) is 14.8. The second-order valence-corrected chi connectivity index (χ2v) is 6.67. The van der Waals surface area contributed by atoms with Crippen LogP contribution in [0.3, 0.4) is 0 Å². The molecule has 134 valence electrons. The van der Waals surface area contributed by atoms with Crippen LogP contribution in [0.5, 0.6) is 0 Å². The number of carbonyl (C=O) groups excluding carboxylic acids is 1. The molecule has 0 aliphatic carbocycles. The Labute approximate surface area is 152 Å². The highest BCUT2D eigenvalue weighted by molar-refractivity contribution is 5.89. The Hall–Kier alpha value is -2.73. The van der Waals surface area contributed by atoms with E-state index < -0.39 is 0 Å². The van der Waals surface area contributed by atoms with Crippen LogP contribution in [0, 0.1) is 0 Å². The number of piperidine rings is 1. The van der Waals surface area contributed by atoms with Gasteiger partial charge >= 0.3 is 0 Å². The summed E-state index contributed by atoms with van der Waals surface area (Å²) >= 11 is 0. The van der Waals surface area contributed by atoms with Gasteiger partial charge in [-0.05, 0) is 30.5 Å². The lowest BCUT2D eigenvalue weighted by atomic mass is 10.0. The van der Waals surface area contributed by atoms with E-state index in [9.17, 15) is 4.79 Å². The van der Waals surface area contributed by atoms with E-state index in [2.05, 4.69) is 21.0 Å². The number of pyridine rings is 2. The van der Waals surface area contributed by atoms with Gasteiger partial charge in [-0.15, -0.1) is 0 Å². The number of carbonyl (C=O) groups is 1. The van der Waals surface area contributed by atoms with Crippen molar-refractivity contribution in [3.05, 3.63) is 48.5 Å². The molecule has 0 saturated carbocycles. The summed E-state index contributed by atoms with van der Waals surface area (Å²) in [6.07, 6.45) is 9.77. The third-order valence-electron chi connectivity index (χ3n) is 5.08. The monoisotopic (exact) mass is 350 g/mol. The third kappa shape index (κ3) is 3.32. The Morgan fingerprint density at radius 1 is 1.31 bits per heavy atom. The highest BCUT2D eigenvalue weighted by atomic mass is 16.5. The summed E-state index contributed by atoms with van der Waals surface area (Å²) in [5, 5.41) is 0.992. The van der Waals surface area contributed by atoms with Crippen LogP contribution in [0.2, 0.25) is 0 Å². The van der Waals surface area contributed by atoms with E-state index in [4.69, 9.17) is 4.74 Å². The first-order valence-electron chi connectivity index (χ1n) is 8.91.